The van der Waals surface area contributed by atoms with Crippen LogP contribution < -0.4 is 10.5 Å². The normalized spacial score (nSPS) is 15.2. The van der Waals surface area contributed by atoms with Crippen molar-refractivity contribution in [3.8, 4) is 0 Å². The zero-order valence-corrected chi connectivity index (χ0v) is 13.4. The first kappa shape index (κ1) is 14.8. The largest absolute Gasteiger partial charge is 0.352 e. The maximum atomic E-state index is 11.7. The fourth-order valence-corrected chi connectivity index (χ4v) is 2.81. The molecule has 0 aromatic carbocycles. The van der Waals surface area contributed by atoms with E-state index in [0.717, 1.165) is 31.1 Å². The highest BCUT2D eigenvalue weighted by molar-refractivity contribution is 5.47. The smallest absolute Gasteiger partial charge is 0.269 e. The molecule has 1 aliphatic rings. The molecule has 4 heterocycles. The summed E-state index contributed by atoms with van der Waals surface area (Å²) in [5.41, 5.74) is 0.684. The van der Waals surface area contributed by atoms with Crippen LogP contribution >= 0.6 is 0 Å². The highest BCUT2D eigenvalue weighted by atomic mass is 16.1. The number of hydrogen-bond donors (Lipinski definition) is 0. The zero-order valence-electron chi connectivity index (χ0n) is 13.4. The number of hydrogen-bond acceptors (Lipinski definition) is 7. The molecule has 9 heteroatoms. The average Bonchev–Trinajstić information content (AvgIpc) is 3.00. The van der Waals surface area contributed by atoms with Crippen LogP contribution in [0, 0.1) is 0 Å². The molecule has 1 fully saturated rings. The van der Waals surface area contributed by atoms with Crippen LogP contribution in [0.15, 0.2) is 41.8 Å². The molecule has 124 valence electrons. The number of rotatable bonds is 5. The lowest BCUT2D eigenvalue weighted by molar-refractivity contribution is 0.197. The molecule has 0 radical (unpaired) electrons. The number of likely N-dealkylation sites (N-methyl/N-ethyl adjacent to an activating group) is 1. The van der Waals surface area contributed by atoms with Crippen LogP contribution in [0.2, 0.25) is 0 Å². The van der Waals surface area contributed by atoms with Crippen molar-refractivity contribution in [2.24, 2.45) is 0 Å². The van der Waals surface area contributed by atoms with E-state index >= 15 is 0 Å². The third-order valence-corrected chi connectivity index (χ3v) is 4.45. The Balaban J connectivity index is 1.33. The molecule has 9 nitrogen and oxygen atoms in total. The van der Waals surface area contributed by atoms with Gasteiger partial charge in [0.1, 0.15) is 12.1 Å². The number of nitrogens with zero attached hydrogens (tertiary/aromatic N) is 8. The van der Waals surface area contributed by atoms with E-state index in [1.165, 1.54) is 6.20 Å². The van der Waals surface area contributed by atoms with Crippen molar-refractivity contribution < 1.29 is 0 Å². The molecule has 0 aliphatic carbocycles. The standard InChI is InChI=1S/C15H18N8O/c1-20(6-7-21-5-4-16-8-15(21)24)12-9-22(10-12)14-3-2-13-18-17-11-23(13)19-14/h2-5,8,11-12H,6-7,9-10H2,1H3. The molecule has 4 rings (SSSR count). The Morgan fingerprint density at radius 3 is 3.04 bits per heavy atom. The minimum atomic E-state index is -0.0624. The summed E-state index contributed by atoms with van der Waals surface area (Å²) in [5, 5.41) is 12.3. The van der Waals surface area contributed by atoms with E-state index in [1.54, 1.807) is 27.8 Å². The predicted octanol–water partition coefficient (Wildman–Crippen LogP) is -0.498. The minimum Gasteiger partial charge on any atom is -0.352 e. The lowest BCUT2D eigenvalue weighted by Gasteiger charge is -2.44. The highest BCUT2D eigenvalue weighted by Gasteiger charge is 2.30. The average molecular weight is 326 g/mol. The Hall–Kier alpha value is -2.81. The molecule has 24 heavy (non-hydrogen) atoms. The quantitative estimate of drug-likeness (QED) is 0.625. The van der Waals surface area contributed by atoms with Gasteiger partial charge in [0.25, 0.3) is 5.56 Å². The Bertz CT molecular complexity index is 897. The third-order valence-electron chi connectivity index (χ3n) is 4.45. The second-order valence-electron chi connectivity index (χ2n) is 5.97. The molecular formula is C15H18N8O. The first-order valence-electron chi connectivity index (χ1n) is 7.83. The molecule has 0 N–H and O–H groups in total. The van der Waals surface area contributed by atoms with Crippen molar-refractivity contribution >= 4 is 11.5 Å². The van der Waals surface area contributed by atoms with Gasteiger partial charge < -0.3 is 9.47 Å². The fraction of sp³-hybridized carbons (Fsp3) is 0.400. The Kier molecular flexibility index (Phi) is 3.69. The van der Waals surface area contributed by atoms with Crippen molar-refractivity contribution in [2.45, 2.75) is 12.6 Å². The monoisotopic (exact) mass is 326 g/mol. The van der Waals surface area contributed by atoms with Crippen molar-refractivity contribution in [1.82, 2.24) is 34.3 Å². The lowest BCUT2D eigenvalue weighted by Crippen LogP contribution is -2.59. The Morgan fingerprint density at radius 1 is 1.33 bits per heavy atom. The van der Waals surface area contributed by atoms with Crippen LogP contribution in [0.5, 0.6) is 0 Å². The third kappa shape index (κ3) is 2.73. The molecule has 1 aliphatic heterocycles. The summed E-state index contributed by atoms with van der Waals surface area (Å²) in [6, 6.07) is 4.35. The van der Waals surface area contributed by atoms with Crippen molar-refractivity contribution in [1.29, 1.82) is 0 Å². The van der Waals surface area contributed by atoms with Crippen LogP contribution in [0.1, 0.15) is 0 Å². The van der Waals surface area contributed by atoms with Gasteiger partial charge in [-0.05, 0) is 19.2 Å². The molecule has 3 aromatic rings. The van der Waals surface area contributed by atoms with Crippen molar-refractivity contribution in [2.75, 3.05) is 31.6 Å². The molecule has 0 atom stereocenters. The van der Waals surface area contributed by atoms with Gasteiger partial charge in [0.2, 0.25) is 0 Å². The van der Waals surface area contributed by atoms with E-state index in [4.69, 9.17) is 0 Å². The van der Waals surface area contributed by atoms with Gasteiger partial charge in [-0.15, -0.1) is 15.3 Å². The lowest BCUT2D eigenvalue weighted by atomic mass is 10.1. The van der Waals surface area contributed by atoms with Crippen LogP contribution in [-0.2, 0) is 6.54 Å². The molecule has 0 saturated carbocycles. The van der Waals surface area contributed by atoms with Crippen LogP contribution in [0.3, 0.4) is 0 Å². The van der Waals surface area contributed by atoms with Gasteiger partial charge >= 0.3 is 0 Å². The Morgan fingerprint density at radius 2 is 2.21 bits per heavy atom. The van der Waals surface area contributed by atoms with Crippen LogP contribution in [0.4, 0.5) is 5.82 Å². The highest BCUT2D eigenvalue weighted by Crippen LogP contribution is 2.21. The minimum absolute atomic E-state index is 0.0624. The first-order valence-corrected chi connectivity index (χ1v) is 7.83. The number of aromatic nitrogens is 6. The molecule has 0 amide bonds. The molecular weight excluding hydrogens is 308 g/mol. The molecule has 1 saturated heterocycles. The fourth-order valence-electron chi connectivity index (χ4n) is 2.81. The summed E-state index contributed by atoms with van der Waals surface area (Å²) in [6.45, 7) is 3.32. The second-order valence-corrected chi connectivity index (χ2v) is 5.97. The number of fused-ring (bicyclic) bond motifs is 1. The Labute approximate surface area is 138 Å². The SMILES string of the molecule is CN(CCn1ccncc1=O)C1CN(c2ccc3nncn3n2)C1. The van der Waals surface area contributed by atoms with Gasteiger partial charge in [-0.3, -0.25) is 14.7 Å². The van der Waals surface area contributed by atoms with E-state index in [9.17, 15) is 4.79 Å². The summed E-state index contributed by atoms with van der Waals surface area (Å²) in [7, 11) is 2.09. The van der Waals surface area contributed by atoms with Crippen molar-refractivity contribution in [3.63, 3.8) is 0 Å². The van der Waals surface area contributed by atoms with Crippen LogP contribution in [-0.4, -0.2) is 67.0 Å². The summed E-state index contributed by atoms with van der Waals surface area (Å²) in [4.78, 5) is 20.0. The topological polar surface area (TPSA) is 84.5 Å². The van der Waals surface area contributed by atoms with Crippen molar-refractivity contribution in [3.05, 3.63) is 47.4 Å². The van der Waals surface area contributed by atoms with E-state index in [-0.39, 0.29) is 5.56 Å². The molecule has 3 aromatic heterocycles. The van der Waals surface area contributed by atoms with E-state index in [1.807, 2.05) is 12.1 Å². The maximum Gasteiger partial charge on any atom is 0.269 e. The molecule has 0 bridgehead atoms. The second kappa shape index (κ2) is 6.00. The van der Waals surface area contributed by atoms with Gasteiger partial charge in [-0.1, -0.05) is 0 Å². The van der Waals surface area contributed by atoms with Gasteiger partial charge in [0.05, 0.1) is 6.20 Å². The van der Waals surface area contributed by atoms with E-state index in [0.29, 0.717) is 12.6 Å². The summed E-state index contributed by atoms with van der Waals surface area (Å²) in [6.07, 6.45) is 6.31. The predicted molar refractivity (Wildman–Crippen MR) is 87.9 cm³/mol. The number of anilines is 1. The van der Waals surface area contributed by atoms with Gasteiger partial charge in [-0.2, -0.15) is 4.52 Å². The summed E-state index contributed by atoms with van der Waals surface area (Å²) >= 11 is 0. The maximum absolute atomic E-state index is 11.7. The van der Waals surface area contributed by atoms with Gasteiger partial charge in [0, 0.05) is 44.6 Å². The van der Waals surface area contributed by atoms with E-state index < -0.39 is 0 Å². The van der Waals surface area contributed by atoms with Crippen LogP contribution in [0.25, 0.3) is 5.65 Å². The molecule has 0 spiro atoms. The van der Waals surface area contributed by atoms with E-state index in [2.05, 4.69) is 37.1 Å². The summed E-state index contributed by atoms with van der Waals surface area (Å²) in [5.74, 6) is 0.928. The van der Waals surface area contributed by atoms with Gasteiger partial charge in [0.15, 0.2) is 5.65 Å². The zero-order chi connectivity index (χ0) is 16.5. The summed E-state index contributed by atoms with van der Waals surface area (Å²) < 4.78 is 3.36. The molecule has 0 unspecified atom stereocenters. The van der Waals surface area contributed by atoms with Gasteiger partial charge in [-0.25, -0.2) is 0 Å². The first-order chi connectivity index (χ1) is 11.7.